The smallest absolute Gasteiger partial charge is 0.186 e. The Morgan fingerprint density at radius 2 is 1.50 bits per heavy atom. The van der Waals surface area contributed by atoms with E-state index >= 15 is 0 Å². The van der Waals surface area contributed by atoms with Crippen LogP contribution in [0.5, 0.6) is 5.75 Å². The minimum atomic E-state index is 0.273. The Morgan fingerprint density at radius 3 is 2.17 bits per heavy atom. The molecule has 0 spiro atoms. The van der Waals surface area contributed by atoms with Gasteiger partial charge in [-0.05, 0) is 54.4 Å². The van der Waals surface area contributed by atoms with Gasteiger partial charge in [-0.15, -0.1) is 0 Å². The van der Waals surface area contributed by atoms with Gasteiger partial charge in [0.2, 0.25) is 0 Å². The lowest BCUT2D eigenvalue weighted by atomic mass is 9.78. The van der Waals surface area contributed by atoms with Gasteiger partial charge in [0.1, 0.15) is 11.3 Å². The first kappa shape index (κ1) is 19.1. The molecule has 0 bridgehead atoms. The number of hydrogen-bond acceptors (Lipinski definition) is 4. The number of thiazole rings is 1. The molecule has 1 aromatic heterocycles. The number of anilines is 1. The van der Waals surface area contributed by atoms with Gasteiger partial charge < -0.3 is 10.0 Å². The van der Waals surface area contributed by atoms with Crippen molar-refractivity contribution in [2.24, 2.45) is 11.8 Å². The Labute approximate surface area is 181 Å². The molecule has 1 saturated heterocycles. The average Bonchev–Trinajstić information content (AvgIpc) is 3.22. The zero-order chi connectivity index (χ0) is 20.3. The van der Waals surface area contributed by atoms with Gasteiger partial charge in [-0.1, -0.05) is 78.1 Å². The summed E-state index contributed by atoms with van der Waals surface area (Å²) in [6, 6.07) is 27.4. The second-order valence-corrected chi connectivity index (χ2v) is 9.26. The first-order valence-electron chi connectivity index (χ1n) is 10.7. The standard InChI is InChI=1S/C26H26N2OS/c29-23-12-7-13-24-25(23)27-26(30-24)28-15-14-21(16-19-8-3-1-4-9-19)22(18-28)17-20-10-5-2-6-11-20/h1-13,21-22,29H,14-18H2. The minimum Gasteiger partial charge on any atom is -0.506 e. The molecule has 3 nitrogen and oxygen atoms in total. The summed E-state index contributed by atoms with van der Waals surface area (Å²) in [7, 11) is 0. The maximum absolute atomic E-state index is 10.2. The van der Waals surface area contributed by atoms with Crippen molar-refractivity contribution in [3.63, 3.8) is 0 Å². The minimum absolute atomic E-state index is 0.273. The van der Waals surface area contributed by atoms with E-state index in [2.05, 4.69) is 65.6 Å². The molecule has 3 aromatic carbocycles. The lowest BCUT2D eigenvalue weighted by Crippen LogP contribution is -2.42. The molecule has 1 N–H and O–H groups in total. The van der Waals surface area contributed by atoms with Crippen LogP contribution in [0.1, 0.15) is 17.5 Å². The quantitative estimate of drug-likeness (QED) is 0.440. The van der Waals surface area contributed by atoms with Crippen molar-refractivity contribution in [3.8, 4) is 5.75 Å². The molecule has 2 atom stereocenters. The van der Waals surface area contributed by atoms with E-state index in [1.807, 2.05) is 12.1 Å². The molecular formula is C26H26N2OS. The fraction of sp³-hybridized carbons (Fsp3) is 0.269. The molecule has 1 fully saturated rings. The third-order valence-electron chi connectivity index (χ3n) is 6.23. The second kappa shape index (κ2) is 8.49. The van der Waals surface area contributed by atoms with Crippen molar-refractivity contribution in [2.45, 2.75) is 19.3 Å². The number of fused-ring (bicyclic) bond motifs is 1. The summed E-state index contributed by atoms with van der Waals surface area (Å²) in [4.78, 5) is 7.21. The van der Waals surface area contributed by atoms with E-state index < -0.39 is 0 Å². The summed E-state index contributed by atoms with van der Waals surface area (Å²) in [5.41, 5.74) is 3.56. The van der Waals surface area contributed by atoms with Crippen molar-refractivity contribution in [1.82, 2.24) is 4.98 Å². The lowest BCUT2D eigenvalue weighted by molar-refractivity contribution is 0.274. The van der Waals surface area contributed by atoms with E-state index in [1.54, 1.807) is 17.4 Å². The third-order valence-corrected chi connectivity index (χ3v) is 7.31. The van der Waals surface area contributed by atoms with Gasteiger partial charge in [-0.3, -0.25) is 0 Å². The fourth-order valence-electron chi connectivity index (χ4n) is 4.65. The van der Waals surface area contributed by atoms with Gasteiger partial charge in [0.05, 0.1) is 4.70 Å². The molecule has 0 amide bonds. The van der Waals surface area contributed by atoms with Gasteiger partial charge in [0, 0.05) is 13.1 Å². The maximum atomic E-state index is 10.2. The molecule has 0 aliphatic carbocycles. The van der Waals surface area contributed by atoms with Crippen LogP contribution >= 0.6 is 11.3 Å². The zero-order valence-electron chi connectivity index (χ0n) is 16.9. The molecule has 5 rings (SSSR count). The van der Waals surface area contributed by atoms with Crippen LogP contribution in [0.4, 0.5) is 5.13 Å². The van der Waals surface area contributed by atoms with Crippen LogP contribution in [-0.2, 0) is 12.8 Å². The van der Waals surface area contributed by atoms with Crippen LogP contribution in [0.3, 0.4) is 0 Å². The fourth-order valence-corrected chi connectivity index (χ4v) is 5.67. The number of phenols is 1. The van der Waals surface area contributed by atoms with E-state index in [-0.39, 0.29) is 5.75 Å². The Kier molecular flexibility index (Phi) is 5.41. The van der Waals surface area contributed by atoms with Crippen LogP contribution < -0.4 is 4.90 Å². The molecule has 1 aliphatic heterocycles. The highest BCUT2D eigenvalue weighted by atomic mass is 32.1. The summed E-state index contributed by atoms with van der Waals surface area (Å²) in [5.74, 6) is 1.50. The number of nitrogens with zero attached hydrogens (tertiary/aromatic N) is 2. The molecular weight excluding hydrogens is 388 g/mol. The molecule has 152 valence electrons. The van der Waals surface area contributed by atoms with E-state index in [4.69, 9.17) is 4.98 Å². The topological polar surface area (TPSA) is 36.4 Å². The van der Waals surface area contributed by atoms with E-state index in [1.165, 1.54) is 11.1 Å². The number of phenolic OH excluding ortho intramolecular Hbond substituents is 1. The maximum Gasteiger partial charge on any atom is 0.186 e. The zero-order valence-corrected chi connectivity index (χ0v) is 17.8. The summed E-state index contributed by atoms with van der Waals surface area (Å²) in [6.45, 7) is 2.02. The van der Waals surface area contributed by atoms with Crippen LogP contribution in [0.2, 0.25) is 0 Å². The van der Waals surface area contributed by atoms with Crippen molar-refractivity contribution in [3.05, 3.63) is 90.0 Å². The number of rotatable bonds is 5. The molecule has 2 heterocycles. The van der Waals surface area contributed by atoms with Crippen LogP contribution in [0.25, 0.3) is 10.2 Å². The Morgan fingerprint density at radius 1 is 0.833 bits per heavy atom. The predicted octanol–water partition coefficient (Wildman–Crippen LogP) is 5.93. The normalized spacial score (nSPS) is 19.3. The highest BCUT2D eigenvalue weighted by molar-refractivity contribution is 7.22. The highest BCUT2D eigenvalue weighted by Crippen LogP contribution is 2.37. The van der Waals surface area contributed by atoms with Crippen LogP contribution in [-0.4, -0.2) is 23.2 Å². The Hall–Kier alpha value is -2.85. The van der Waals surface area contributed by atoms with E-state index in [9.17, 15) is 5.11 Å². The van der Waals surface area contributed by atoms with Gasteiger partial charge in [0.25, 0.3) is 0 Å². The van der Waals surface area contributed by atoms with E-state index in [0.717, 1.165) is 47.7 Å². The predicted molar refractivity (Wildman–Crippen MR) is 125 cm³/mol. The highest BCUT2D eigenvalue weighted by Gasteiger charge is 2.31. The van der Waals surface area contributed by atoms with E-state index in [0.29, 0.717) is 11.8 Å². The van der Waals surface area contributed by atoms with Crippen LogP contribution in [0, 0.1) is 11.8 Å². The molecule has 0 radical (unpaired) electrons. The van der Waals surface area contributed by atoms with Gasteiger partial charge in [0.15, 0.2) is 5.13 Å². The lowest BCUT2D eigenvalue weighted by Gasteiger charge is -2.39. The van der Waals surface area contributed by atoms with Crippen molar-refractivity contribution in [1.29, 1.82) is 0 Å². The summed E-state index contributed by atoms with van der Waals surface area (Å²) >= 11 is 1.69. The number of aromatic hydroxyl groups is 1. The average molecular weight is 415 g/mol. The first-order valence-corrected chi connectivity index (χ1v) is 11.5. The Bertz CT molecular complexity index is 1110. The summed E-state index contributed by atoms with van der Waals surface area (Å²) in [5, 5.41) is 11.2. The SMILES string of the molecule is Oc1cccc2sc(N3CCC(Cc4ccccc4)C(Cc4ccccc4)C3)nc12. The molecule has 1 aliphatic rings. The monoisotopic (exact) mass is 414 g/mol. The second-order valence-electron chi connectivity index (χ2n) is 8.25. The van der Waals surface area contributed by atoms with Crippen LogP contribution in [0.15, 0.2) is 78.9 Å². The van der Waals surface area contributed by atoms with Gasteiger partial charge >= 0.3 is 0 Å². The first-order chi connectivity index (χ1) is 14.8. The largest absolute Gasteiger partial charge is 0.506 e. The Balaban J connectivity index is 1.40. The number of piperidine rings is 1. The summed E-state index contributed by atoms with van der Waals surface area (Å²) in [6.07, 6.45) is 3.38. The number of aromatic nitrogens is 1. The van der Waals surface area contributed by atoms with Gasteiger partial charge in [-0.25, -0.2) is 4.98 Å². The van der Waals surface area contributed by atoms with Gasteiger partial charge in [-0.2, -0.15) is 0 Å². The van der Waals surface area contributed by atoms with Crippen molar-refractivity contribution >= 4 is 26.7 Å². The van der Waals surface area contributed by atoms with Crippen molar-refractivity contribution in [2.75, 3.05) is 18.0 Å². The number of benzene rings is 3. The summed E-state index contributed by atoms with van der Waals surface area (Å²) < 4.78 is 1.05. The molecule has 30 heavy (non-hydrogen) atoms. The number of hydrogen-bond donors (Lipinski definition) is 1. The third kappa shape index (κ3) is 4.05. The molecule has 0 saturated carbocycles. The van der Waals surface area contributed by atoms with Crippen molar-refractivity contribution < 1.29 is 5.11 Å². The molecule has 4 aromatic rings. The molecule has 4 heteroatoms. The number of para-hydroxylation sites is 1. The molecule has 2 unspecified atom stereocenters.